The largest absolute Gasteiger partial charge is 0.0682 e. The molecule has 2 aliphatic rings. The van der Waals surface area contributed by atoms with Crippen LogP contribution < -0.4 is 0 Å². The Bertz CT molecular complexity index is 3000. The Labute approximate surface area is 343 Å². The van der Waals surface area contributed by atoms with Gasteiger partial charge in [-0.25, -0.2) is 0 Å². The molecule has 9 aromatic carbocycles. The predicted octanol–water partition coefficient (Wildman–Crippen LogP) is 15.0. The van der Waals surface area contributed by atoms with Gasteiger partial charge in [0.25, 0.3) is 0 Å². The van der Waals surface area contributed by atoms with Crippen LogP contribution in [0.5, 0.6) is 0 Å². The molecule has 58 heavy (non-hydrogen) atoms. The fraction of sp³-hybridized carbons (Fsp3) is 0.123. The lowest BCUT2D eigenvalue weighted by Crippen LogP contribution is -2.35. The third kappa shape index (κ3) is 5.56. The van der Waals surface area contributed by atoms with E-state index in [-0.39, 0.29) is 0 Å². The van der Waals surface area contributed by atoms with Crippen molar-refractivity contribution >= 4 is 64.0 Å². The second kappa shape index (κ2) is 13.7. The van der Waals surface area contributed by atoms with Gasteiger partial charge < -0.3 is 0 Å². The van der Waals surface area contributed by atoms with Gasteiger partial charge in [-0.05, 0) is 168 Å². The van der Waals surface area contributed by atoms with Crippen LogP contribution in [0.4, 0.5) is 0 Å². The quantitative estimate of drug-likeness (QED) is 0.117. The first kappa shape index (κ1) is 34.9. The molecule has 0 bridgehead atoms. The van der Waals surface area contributed by atoms with E-state index in [1.165, 1.54) is 104 Å². The van der Waals surface area contributed by atoms with Gasteiger partial charge in [0.1, 0.15) is 0 Å². The van der Waals surface area contributed by atoms with Gasteiger partial charge in [0.15, 0.2) is 0 Å². The van der Waals surface area contributed by atoms with Crippen molar-refractivity contribution in [1.82, 2.24) is 0 Å². The van der Waals surface area contributed by atoms with Crippen LogP contribution in [-0.2, 0) is 6.04 Å². The Balaban J connectivity index is 1.09. The van der Waals surface area contributed by atoms with Crippen LogP contribution in [0.25, 0.3) is 77.5 Å². The molecule has 2 atom stereocenters. The summed E-state index contributed by atoms with van der Waals surface area (Å²) < 4.78 is 0. The second-order valence-electron chi connectivity index (χ2n) is 17.1. The third-order valence-electron chi connectivity index (χ3n) is 13.6. The smallest absolute Gasteiger partial charge is 0.0671 e. The summed E-state index contributed by atoms with van der Waals surface area (Å²) in [5.41, 5.74) is 19.6. The molecule has 0 heterocycles. The van der Waals surface area contributed by atoms with Gasteiger partial charge >= 0.3 is 0 Å². The molecule has 0 amide bonds. The summed E-state index contributed by atoms with van der Waals surface area (Å²) in [5.74, 6) is 0. The number of fused-ring (bicyclic) bond motifs is 6. The number of aryl methyl sites for hydroxylation is 2. The van der Waals surface area contributed by atoms with E-state index in [9.17, 15) is 0 Å². The Hall–Kier alpha value is -6.28. The third-order valence-corrected chi connectivity index (χ3v) is 18.0. The summed E-state index contributed by atoms with van der Waals surface area (Å²) in [6, 6.07) is 63.0. The first-order valence-electron chi connectivity index (χ1n) is 20.9. The van der Waals surface area contributed by atoms with E-state index in [1.54, 1.807) is 11.1 Å². The molecule has 0 N–H and O–H groups in total. The highest BCUT2D eigenvalue weighted by Gasteiger charge is 2.42. The fourth-order valence-electron chi connectivity index (χ4n) is 11.0. The minimum atomic E-state index is -1.74. The van der Waals surface area contributed by atoms with Crippen molar-refractivity contribution < 1.29 is 0 Å². The van der Waals surface area contributed by atoms with E-state index in [0.717, 1.165) is 6.04 Å². The molecule has 0 aromatic heterocycles. The second-order valence-corrected chi connectivity index (χ2v) is 20.1. The maximum Gasteiger partial charge on any atom is 0.0671 e. The van der Waals surface area contributed by atoms with E-state index in [1.807, 2.05) is 0 Å². The van der Waals surface area contributed by atoms with Gasteiger partial charge in [-0.1, -0.05) is 168 Å². The van der Waals surface area contributed by atoms with E-state index < -0.39 is 8.80 Å². The number of allylic oxidation sites excluding steroid dienone is 2. The van der Waals surface area contributed by atoms with Crippen LogP contribution in [0.3, 0.4) is 0 Å². The molecule has 0 radical (unpaired) electrons. The molecule has 278 valence electrons. The van der Waals surface area contributed by atoms with Crippen LogP contribution in [0.1, 0.15) is 63.9 Å². The molecule has 11 rings (SSSR count). The maximum absolute atomic E-state index is 2.58. The maximum atomic E-state index is 2.58. The molecule has 1 heteroatoms. The summed E-state index contributed by atoms with van der Waals surface area (Å²) in [4.78, 5) is 0. The van der Waals surface area contributed by atoms with E-state index in [0.29, 0.717) is 11.1 Å². The standard InChI is InChI=1S/C57H46Si/c1-35-24-26-48(46-22-12-20-44-30-40-16-8-10-18-42(40)32-50(44)46)52-28-37(3)56(54(35)52)58(34-39-14-6-5-7-15-39)57-38(4)29-53-49(27-25-36(2)55(53)57)47-23-13-21-45-31-41-17-9-11-19-43(41)33-51(45)47/h5-33,56-58H,34H2,1-4H3. The lowest BCUT2D eigenvalue weighted by molar-refractivity contribution is 0.964. The van der Waals surface area contributed by atoms with Crippen molar-refractivity contribution in [3.63, 3.8) is 0 Å². The van der Waals surface area contributed by atoms with Gasteiger partial charge in [0, 0.05) is 0 Å². The van der Waals surface area contributed by atoms with Crippen molar-refractivity contribution in [2.75, 3.05) is 0 Å². The highest BCUT2D eigenvalue weighted by Crippen LogP contribution is 2.53. The summed E-state index contributed by atoms with van der Waals surface area (Å²) in [7, 11) is -1.74. The zero-order valence-corrected chi connectivity index (χ0v) is 34.8. The lowest BCUT2D eigenvalue weighted by atomic mass is 9.90. The minimum Gasteiger partial charge on any atom is -0.0682 e. The monoisotopic (exact) mass is 758 g/mol. The average molecular weight is 759 g/mol. The van der Waals surface area contributed by atoms with Crippen LogP contribution >= 0.6 is 0 Å². The van der Waals surface area contributed by atoms with Gasteiger partial charge in [-0.2, -0.15) is 0 Å². The van der Waals surface area contributed by atoms with E-state index in [4.69, 9.17) is 0 Å². The Morgan fingerprint density at radius 3 is 1.26 bits per heavy atom. The highest BCUT2D eigenvalue weighted by molar-refractivity contribution is 6.64. The first-order chi connectivity index (χ1) is 28.4. The zero-order chi connectivity index (χ0) is 39.1. The number of hydrogen-bond donors (Lipinski definition) is 0. The van der Waals surface area contributed by atoms with Crippen molar-refractivity contribution in [2.45, 2.75) is 44.8 Å². The molecule has 9 aromatic rings. The molecule has 0 saturated heterocycles. The average Bonchev–Trinajstić information content (AvgIpc) is 3.79. The van der Waals surface area contributed by atoms with Crippen molar-refractivity contribution in [2.24, 2.45) is 0 Å². The summed E-state index contributed by atoms with van der Waals surface area (Å²) in [6.45, 7) is 9.61. The Morgan fingerprint density at radius 1 is 0.379 bits per heavy atom. The van der Waals surface area contributed by atoms with E-state index in [2.05, 4.69) is 204 Å². The molecule has 2 aliphatic carbocycles. The number of benzene rings is 9. The summed E-state index contributed by atoms with van der Waals surface area (Å²) >= 11 is 0. The lowest BCUT2D eigenvalue weighted by Gasteiger charge is -2.34. The zero-order valence-electron chi connectivity index (χ0n) is 33.7. The highest BCUT2D eigenvalue weighted by atomic mass is 28.3. The first-order valence-corrected chi connectivity index (χ1v) is 23.1. The van der Waals surface area contributed by atoms with Crippen LogP contribution in [-0.4, -0.2) is 8.80 Å². The van der Waals surface area contributed by atoms with Crippen molar-refractivity contribution in [3.8, 4) is 22.3 Å². The molecular formula is C57H46Si. The number of hydrogen-bond acceptors (Lipinski definition) is 0. The van der Waals surface area contributed by atoms with Crippen LogP contribution in [0.15, 0.2) is 175 Å². The predicted molar refractivity (Wildman–Crippen MR) is 253 cm³/mol. The normalized spacial score (nSPS) is 16.5. The molecule has 0 aliphatic heterocycles. The molecule has 2 unspecified atom stereocenters. The topological polar surface area (TPSA) is 0 Å². The van der Waals surface area contributed by atoms with E-state index >= 15 is 0 Å². The van der Waals surface area contributed by atoms with Gasteiger partial charge in [0.2, 0.25) is 0 Å². The SMILES string of the molecule is CC1=Cc2c(-c3cccc4cc5ccccc5cc34)ccc(C)c2C1[SiH](Cc1ccccc1)C1C(C)=Cc2c(-c3cccc4cc5ccccc5cc34)ccc(C)c21. The summed E-state index contributed by atoms with van der Waals surface area (Å²) in [6.07, 6.45) is 5.15. The molecule has 0 nitrogen and oxygen atoms in total. The van der Waals surface area contributed by atoms with Crippen LogP contribution in [0.2, 0.25) is 0 Å². The van der Waals surface area contributed by atoms with Gasteiger partial charge in [-0.3, -0.25) is 0 Å². The van der Waals surface area contributed by atoms with Crippen molar-refractivity contribution in [3.05, 3.63) is 214 Å². The Kier molecular flexibility index (Phi) is 8.24. The van der Waals surface area contributed by atoms with Gasteiger partial charge in [0.05, 0.1) is 8.80 Å². The minimum absolute atomic E-state index is 0.414. The van der Waals surface area contributed by atoms with Gasteiger partial charge in [-0.15, -0.1) is 0 Å². The summed E-state index contributed by atoms with van der Waals surface area (Å²) in [5, 5.41) is 10.4. The molecule has 0 spiro atoms. The molecule has 0 fully saturated rings. The number of rotatable bonds is 6. The molecular weight excluding hydrogens is 713 g/mol. The van der Waals surface area contributed by atoms with Crippen LogP contribution in [0, 0.1) is 13.8 Å². The molecule has 0 saturated carbocycles. The van der Waals surface area contributed by atoms with Crippen molar-refractivity contribution in [1.29, 1.82) is 0 Å². The fourth-order valence-corrected chi connectivity index (χ4v) is 16.0. The Morgan fingerprint density at radius 2 is 0.793 bits per heavy atom.